The summed E-state index contributed by atoms with van der Waals surface area (Å²) in [5, 5.41) is 3.33. The highest BCUT2D eigenvalue weighted by Crippen LogP contribution is 2.41. The van der Waals surface area contributed by atoms with Crippen LogP contribution < -0.4 is 4.90 Å². The van der Waals surface area contributed by atoms with Gasteiger partial charge in [-0.3, -0.25) is 4.79 Å². The molecule has 6 heteroatoms. The highest BCUT2D eigenvalue weighted by Gasteiger charge is 2.27. The maximum absolute atomic E-state index is 10.9. The third-order valence-electron chi connectivity index (χ3n) is 4.42. The molecule has 2 aliphatic heterocycles. The molecule has 0 radical (unpaired) electrons. The number of amidine groups is 1. The van der Waals surface area contributed by atoms with Crippen LogP contribution in [0.25, 0.3) is 0 Å². The van der Waals surface area contributed by atoms with E-state index >= 15 is 0 Å². The van der Waals surface area contributed by atoms with Gasteiger partial charge in [-0.1, -0.05) is 12.1 Å². The van der Waals surface area contributed by atoms with E-state index in [2.05, 4.69) is 40.4 Å². The summed E-state index contributed by atoms with van der Waals surface area (Å²) in [4.78, 5) is 22.2. The van der Waals surface area contributed by atoms with Crippen LogP contribution in [0, 0.1) is 0 Å². The van der Waals surface area contributed by atoms with Crippen LogP contribution in [-0.2, 0) is 4.79 Å². The predicted octanol–water partition coefficient (Wildman–Crippen LogP) is 2.68. The van der Waals surface area contributed by atoms with Crippen molar-refractivity contribution in [2.75, 3.05) is 38.1 Å². The third kappa shape index (κ3) is 2.39. The molecule has 3 heterocycles. The molecule has 0 N–H and O–H groups in total. The summed E-state index contributed by atoms with van der Waals surface area (Å²) in [7, 11) is 2.09. The van der Waals surface area contributed by atoms with E-state index in [1.54, 1.807) is 11.3 Å². The van der Waals surface area contributed by atoms with Crippen molar-refractivity contribution in [1.82, 2.24) is 9.80 Å². The maximum atomic E-state index is 10.9. The van der Waals surface area contributed by atoms with E-state index < -0.39 is 0 Å². The first-order chi connectivity index (χ1) is 11.3. The average molecular weight is 326 g/mol. The molecule has 2 aromatic rings. The quantitative estimate of drug-likeness (QED) is 0.757. The molecule has 2 aliphatic rings. The Morgan fingerprint density at radius 1 is 1.13 bits per heavy atom. The lowest BCUT2D eigenvalue weighted by molar-refractivity contribution is -0.119. The fourth-order valence-electron chi connectivity index (χ4n) is 3.14. The highest BCUT2D eigenvalue weighted by atomic mass is 32.1. The first-order valence-electron chi connectivity index (χ1n) is 7.71. The fourth-order valence-corrected chi connectivity index (χ4v) is 4.01. The molecule has 5 nitrogen and oxygen atoms in total. The number of nitrogens with zero attached hydrogens (tertiary/aromatic N) is 4. The van der Waals surface area contributed by atoms with Crippen molar-refractivity contribution >= 4 is 40.0 Å². The van der Waals surface area contributed by atoms with E-state index in [-0.39, 0.29) is 0 Å². The number of carbonyl (C=O) groups is 1. The molecule has 118 valence electrons. The molecule has 0 aliphatic carbocycles. The minimum absolute atomic E-state index is 0.749. The van der Waals surface area contributed by atoms with Gasteiger partial charge in [-0.2, -0.15) is 0 Å². The summed E-state index contributed by atoms with van der Waals surface area (Å²) in [5.41, 5.74) is 3.29. The molecular weight excluding hydrogens is 308 g/mol. The zero-order valence-electron chi connectivity index (χ0n) is 13.0. The summed E-state index contributed by atoms with van der Waals surface area (Å²) in [6.45, 7) is 3.14. The first kappa shape index (κ1) is 14.3. The van der Waals surface area contributed by atoms with E-state index in [1.807, 2.05) is 17.0 Å². The smallest absolute Gasteiger partial charge is 0.209 e. The molecule has 0 unspecified atom stereocenters. The van der Waals surface area contributed by atoms with Gasteiger partial charge in [0, 0.05) is 33.2 Å². The van der Waals surface area contributed by atoms with Crippen molar-refractivity contribution < 1.29 is 4.79 Å². The molecular formula is C17H18N4OS. The van der Waals surface area contributed by atoms with Crippen LogP contribution in [0.1, 0.15) is 5.56 Å². The molecule has 1 saturated heterocycles. The Morgan fingerprint density at radius 2 is 1.91 bits per heavy atom. The van der Waals surface area contributed by atoms with Crippen LogP contribution in [0.15, 0.2) is 40.7 Å². The number of para-hydroxylation sites is 2. The monoisotopic (exact) mass is 326 g/mol. The minimum Gasteiger partial charge on any atom is -0.352 e. The summed E-state index contributed by atoms with van der Waals surface area (Å²) in [6, 6.07) is 10.4. The van der Waals surface area contributed by atoms with E-state index in [0.717, 1.165) is 49.8 Å². The molecule has 0 bridgehead atoms. The second-order valence-electron chi connectivity index (χ2n) is 5.75. The van der Waals surface area contributed by atoms with Gasteiger partial charge in [-0.05, 0) is 23.6 Å². The third-order valence-corrected chi connectivity index (χ3v) is 5.41. The summed E-state index contributed by atoms with van der Waals surface area (Å²) in [5.74, 6) is 1.02. The average Bonchev–Trinajstić information content (AvgIpc) is 3.05. The number of hydrogen-bond donors (Lipinski definition) is 0. The molecule has 0 saturated carbocycles. The number of amides is 1. The number of carbonyl (C=O) groups excluding carboxylic acids is 1. The standard InChI is InChI=1S/C17H18N4OS/c1-19-15-5-3-2-4-14(15)18-16(13-6-11-23-17(13)19)21-9-7-20(12-22)8-10-21/h2-6,11-12H,7-10H2,1H3. The van der Waals surface area contributed by atoms with Crippen LogP contribution in [0.5, 0.6) is 0 Å². The second-order valence-corrected chi connectivity index (χ2v) is 6.65. The topological polar surface area (TPSA) is 39.1 Å². The van der Waals surface area contributed by atoms with Gasteiger partial charge < -0.3 is 14.7 Å². The molecule has 4 rings (SSSR count). The van der Waals surface area contributed by atoms with Crippen LogP contribution in [-0.4, -0.2) is 55.3 Å². The maximum Gasteiger partial charge on any atom is 0.209 e. The van der Waals surface area contributed by atoms with Crippen LogP contribution in [0.2, 0.25) is 0 Å². The van der Waals surface area contributed by atoms with Crippen LogP contribution >= 0.6 is 11.3 Å². The van der Waals surface area contributed by atoms with Crippen molar-refractivity contribution in [1.29, 1.82) is 0 Å². The van der Waals surface area contributed by atoms with E-state index in [9.17, 15) is 4.79 Å². The predicted molar refractivity (Wildman–Crippen MR) is 94.2 cm³/mol. The molecule has 1 aromatic heterocycles. The van der Waals surface area contributed by atoms with Gasteiger partial charge in [0.1, 0.15) is 10.8 Å². The molecule has 0 atom stereocenters. The number of rotatable bonds is 1. The number of fused-ring (bicyclic) bond motifs is 2. The number of benzene rings is 1. The second kappa shape index (κ2) is 5.70. The Morgan fingerprint density at radius 3 is 2.70 bits per heavy atom. The van der Waals surface area contributed by atoms with Crippen molar-refractivity contribution in [3.05, 3.63) is 41.3 Å². The Kier molecular flexibility index (Phi) is 3.53. The van der Waals surface area contributed by atoms with Gasteiger partial charge in [0.15, 0.2) is 0 Å². The lowest BCUT2D eigenvalue weighted by Crippen LogP contribution is -2.48. The first-order valence-corrected chi connectivity index (χ1v) is 8.59. The number of aliphatic imine (C=N–C) groups is 1. The van der Waals surface area contributed by atoms with Crippen molar-refractivity contribution in [3.8, 4) is 0 Å². The zero-order valence-corrected chi connectivity index (χ0v) is 13.8. The Bertz CT molecular complexity index is 761. The van der Waals surface area contributed by atoms with Crippen molar-refractivity contribution in [3.63, 3.8) is 0 Å². The van der Waals surface area contributed by atoms with E-state index in [1.165, 1.54) is 10.6 Å². The summed E-state index contributed by atoms with van der Waals surface area (Å²) < 4.78 is 0. The van der Waals surface area contributed by atoms with E-state index in [0.29, 0.717) is 0 Å². The largest absolute Gasteiger partial charge is 0.352 e. The summed E-state index contributed by atoms with van der Waals surface area (Å²) in [6.07, 6.45) is 0.936. The zero-order chi connectivity index (χ0) is 15.8. The fraction of sp³-hybridized carbons (Fsp3) is 0.294. The molecule has 0 spiro atoms. The highest BCUT2D eigenvalue weighted by molar-refractivity contribution is 7.14. The molecule has 1 fully saturated rings. The molecule has 1 amide bonds. The van der Waals surface area contributed by atoms with Crippen LogP contribution in [0.3, 0.4) is 0 Å². The van der Waals surface area contributed by atoms with Gasteiger partial charge >= 0.3 is 0 Å². The number of anilines is 2. The normalized spacial score (nSPS) is 17.3. The Balaban J connectivity index is 1.78. The number of piperazine rings is 1. The Hall–Kier alpha value is -2.34. The van der Waals surface area contributed by atoms with Crippen LogP contribution in [0.4, 0.5) is 16.4 Å². The lowest BCUT2D eigenvalue weighted by Gasteiger charge is -2.34. The minimum atomic E-state index is 0.749. The molecule has 23 heavy (non-hydrogen) atoms. The van der Waals surface area contributed by atoms with Gasteiger partial charge in [0.05, 0.1) is 16.9 Å². The van der Waals surface area contributed by atoms with Crippen molar-refractivity contribution in [2.45, 2.75) is 0 Å². The lowest BCUT2D eigenvalue weighted by atomic mass is 10.2. The van der Waals surface area contributed by atoms with E-state index in [4.69, 9.17) is 4.99 Å². The van der Waals surface area contributed by atoms with Gasteiger partial charge in [0.25, 0.3) is 0 Å². The molecule has 1 aromatic carbocycles. The van der Waals surface area contributed by atoms with Gasteiger partial charge in [0.2, 0.25) is 6.41 Å². The van der Waals surface area contributed by atoms with Crippen molar-refractivity contribution in [2.24, 2.45) is 4.99 Å². The summed E-state index contributed by atoms with van der Waals surface area (Å²) >= 11 is 1.74. The SMILES string of the molecule is CN1c2ccccc2N=C(N2CCN(C=O)CC2)c2ccsc21. The van der Waals surface area contributed by atoms with Gasteiger partial charge in [-0.25, -0.2) is 4.99 Å². The number of thiophene rings is 1. The number of hydrogen-bond acceptors (Lipinski definition) is 5. The Labute approximate surface area is 139 Å². The van der Waals surface area contributed by atoms with Gasteiger partial charge in [-0.15, -0.1) is 11.3 Å².